The average Bonchev–Trinajstić information content (AvgIpc) is 2.78. The van der Waals surface area contributed by atoms with Crippen LogP contribution in [0.2, 0.25) is 0 Å². The van der Waals surface area contributed by atoms with Crippen LogP contribution in [-0.2, 0) is 17.9 Å². The van der Waals surface area contributed by atoms with Crippen molar-refractivity contribution < 1.29 is 9.53 Å². The topological polar surface area (TPSA) is 73.2 Å². The maximum atomic E-state index is 11.9. The summed E-state index contributed by atoms with van der Waals surface area (Å²) in [6, 6.07) is 3.59. The first-order valence-electron chi connectivity index (χ1n) is 6.59. The third-order valence-corrected chi connectivity index (χ3v) is 3.74. The molecule has 1 amide bonds. The second kappa shape index (κ2) is 7.03. The van der Waals surface area contributed by atoms with E-state index in [-0.39, 0.29) is 17.3 Å². The van der Waals surface area contributed by atoms with Crippen LogP contribution in [0, 0.1) is 6.92 Å². The summed E-state index contributed by atoms with van der Waals surface area (Å²) in [6.45, 7) is 4.65. The van der Waals surface area contributed by atoms with Crippen molar-refractivity contribution in [3.8, 4) is 5.88 Å². The summed E-state index contributed by atoms with van der Waals surface area (Å²) >= 11 is 1.10. The normalized spacial score (nSPS) is 10.4. The fraction of sp³-hybridized carbons (Fsp3) is 0.357. The van der Waals surface area contributed by atoms with Crippen molar-refractivity contribution in [1.82, 2.24) is 14.9 Å². The lowest BCUT2D eigenvalue weighted by Gasteiger charge is -2.08. The zero-order chi connectivity index (χ0) is 15.2. The fourth-order valence-electron chi connectivity index (χ4n) is 1.78. The van der Waals surface area contributed by atoms with Gasteiger partial charge in [0, 0.05) is 29.9 Å². The van der Waals surface area contributed by atoms with Gasteiger partial charge >= 0.3 is 4.87 Å². The minimum atomic E-state index is -0.201. The average molecular weight is 307 g/mol. The molecule has 0 saturated carbocycles. The van der Waals surface area contributed by atoms with Crippen LogP contribution >= 0.6 is 11.3 Å². The molecule has 0 aliphatic rings. The summed E-state index contributed by atoms with van der Waals surface area (Å²) in [7, 11) is 0. The van der Waals surface area contributed by atoms with E-state index < -0.39 is 0 Å². The molecule has 112 valence electrons. The molecule has 0 aromatic carbocycles. The van der Waals surface area contributed by atoms with Gasteiger partial charge in [0.2, 0.25) is 11.8 Å². The summed E-state index contributed by atoms with van der Waals surface area (Å²) in [5, 5.41) is 4.53. The van der Waals surface area contributed by atoms with Crippen LogP contribution in [0.15, 0.2) is 28.5 Å². The zero-order valence-electron chi connectivity index (χ0n) is 12.0. The molecule has 0 unspecified atom stereocenters. The van der Waals surface area contributed by atoms with E-state index in [4.69, 9.17) is 4.74 Å². The molecule has 6 nitrogen and oxygen atoms in total. The Morgan fingerprint density at radius 2 is 2.33 bits per heavy atom. The highest BCUT2D eigenvalue weighted by molar-refractivity contribution is 7.07. The van der Waals surface area contributed by atoms with Gasteiger partial charge in [-0.1, -0.05) is 11.3 Å². The number of amides is 1. The summed E-state index contributed by atoms with van der Waals surface area (Å²) in [6.07, 6.45) is 1.64. The standard InChI is InChI=1S/C14H17N3O3S/c1-3-20-13-6-11(4-5-15-13)7-16-12(18)8-17-10(2)9-21-14(17)19/h4-6,9H,3,7-8H2,1-2H3,(H,16,18). The fourth-order valence-corrected chi connectivity index (χ4v) is 2.52. The van der Waals surface area contributed by atoms with Crippen LogP contribution in [-0.4, -0.2) is 22.1 Å². The lowest BCUT2D eigenvalue weighted by atomic mass is 10.2. The van der Waals surface area contributed by atoms with E-state index in [1.807, 2.05) is 19.9 Å². The van der Waals surface area contributed by atoms with Crippen LogP contribution in [0.3, 0.4) is 0 Å². The molecule has 2 heterocycles. The molecule has 0 fully saturated rings. The van der Waals surface area contributed by atoms with Gasteiger partial charge in [-0.05, 0) is 25.5 Å². The molecule has 0 atom stereocenters. The number of rotatable bonds is 6. The summed E-state index contributed by atoms with van der Waals surface area (Å²) in [5.74, 6) is 0.336. The van der Waals surface area contributed by atoms with Crippen molar-refractivity contribution in [3.63, 3.8) is 0 Å². The minimum absolute atomic E-state index is 0.0393. The Labute approximate surface area is 126 Å². The molecule has 0 aliphatic heterocycles. The first kappa shape index (κ1) is 15.2. The predicted molar refractivity (Wildman–Crippen MR) is 80.6 cm³/mol. The number of carbonyl (C=O) groups is 1. The lowest BCUT2D eigenvalue weighted by Crippen LogP contribution is -2.30. The molecule has 0 saturated heterocycles. The Morgan fingerprint density at radius 3 is 3.00 bits per heavy atom. The number of nitrogens with zero attached hydrogens (tertiary/aromatic N) is 2. The summed E-state index contributed by atoms with van der Waals surface area (Å²) < 4.78 is 6.76. The molecule has 7 heteroatoms. The molecule has 21 heavy (non-hydrogen) atoms. The quantitative estimate of drug-likeness (QED) is 0.874. The molecule has 0 radical (unpaired) electrons. The molecule has 2 rings (SSSR count). The molecule has 1 N–H and O–H groups in total. The van der Waals surface area contributed by atoms with Crippen molar-refractivity contribution in [2.24, 2.45) is 0 Å². The number of thiazole rings is 1. The van der Waals surface area contributed by atoms with Crippen LogP contribution in [0.25, 0.3) is 0 Å². The van der Waals surface area contributed by atoms with E-state index in [0.717, 1.165) is 22.6 Å². The van der Waals surface area contributed by atoms with Crippen molar-refractivity contribution >= 4 is 17.2 Å². The molecule has 0 spiro atoms. The van der Waals surface area contributed by atoms with Crippen molar-refractivity contribution in [3.05, 3.63) is 44.6 Å². The summed E-state index contributed by atoms with van der Waals surface area (Å²) in [5.41, 5.74) is 1.69. The molecule has 0 bridgehead atoms. The Balaban J connectivity index is 1.92. The Hall–Kier alpha value is -2.15. The Kier molecular flexibility index (Phi) is 5.10. The van der Waals surface area contributed by atoms with E-state index in [1.54, 1.807) is 17.6 Å². The number of hydrogen-bond acceptors (Lipinski definition) is 5. The Bertz CT molecular complexity index is 678. The van der Waals surface area contributed by atoms with Crippen molar-refractivity contribution in [1.29, 1.82) is 0 Å². The first-order chi connectivity index (χ1) is 10.1. The zero-order valence-corrected chi connectivity index (χ0v) is 12.8. The molecule has 2 aromatic rings. The number of pyridine rings is 1. The Morgan fingerprint density at radius 1 is 1.52 bits per heavy atom. The van der Waals surface area contributed by atoms with Crippen LogP contribution in [0.1, 0.15) is 18.2 Å². The molecule has 2 aromatic heterocycles. The first-order valence-corrected chi connectivity index (χ1v) is 7.47. The van der Waals surface area contributed by atoms with E-state index in [0.29, 0.717) is 19.0 Å². The summed E-state index contributed by atoms with van der Waals surface area (Å²) in [4.78, 5) is 27.4. The number of carbonyl (C=O) groups excluding carboxylic acids is 1. The monoisotopic (exact) mass is 307 g/mol. The number of nitrogens with one attached hydrogen (secondary N) is 1. The SMILES string of the molecule is CCOc1cc(CNC(=O)Cn2c(C)csc2=O)ccn1. The van der Waals surface area contributed by atoms with E-state index >= 15 is 0 Å². The second-order valence-electron chi connectivity index (χ2n) is 4.44. The van der Waals surface area contributed by atoms with Gasteiger partial charge in [-0.3, -0.25) is 14.2 Å². The van der Waals surface area contributed by atoms with Gasteiger partial charge in [0.1, 0.15) is 6.54 Å². The molecular weight excluding hydrogens is 290 g/mol. The van der Waals surface area contributed by atoms with Gasteiger partial charge in [-0.15, -0.1) is 0 Å². The van der Waals surface area contributed by atoms with Gasteiger partial charge in [0.15, 0.2) is 0 Å². The largest absolute Gasteiger partial charge is 0.478 e. The van der Waals surface area contributed by atoms with E-state index in [9.17, 15) is 9.59 Å². The third-order valence-electron chi connectivity index (χ3n) is 2.86. The van der Waals surface area contributed by atoms with Crippen LogP contribution < -0.4 is 14.9 Å². The number of hydrogen-bond donors (Lipinski definition) is 1. The minimum Gasteiger partial charge on any atom is -0.478 e. The lowest BCUT2D eigenvalue weighted by molar-refractivity contribution is -0.121. The highest BCUT2D eigenvalue weighted by Crippen LogP contribution is 2.09. The van der Waals surface area contributed by atoms with Gasteiger partial charge in [0.25, 0.3) is 0 Å². The van der Waals surface area contributed by atoms with Gasteiger partial charge in [-0.2, -0.15) is 0 Å². The highest BCUT2D eigenvalue weighted by atomic mass is 32.1. The number of aromatic nitrogens is 2. The molecule has 0 aliphatic carbocycles. The van der Waals surface area contributed by atoms with Crippen LogP contribution in [0.5, 0.6) is 5.88 Å². The van der Waals surface area contributed by atoms with Gasteiger partial charge in [0.05, 0.1) is 6.61 Å². The van der Waals surface area contributed by atoms with E-state index in [1.165, 1.54) is 4.57 Å². The predicted octanol–water partition coefficient (Wildman–Crippen LogP) is 1.33. The highest BCUT2D eigenvalue weighted by Gasteiger charge is 2.08. The maximum Gasteiger partial charge on any atom is 0.307 e. The van der Waals surface area contributed by atoms with Gasteiger partial charge < -0.3 is 10.1 Å². The molecular formula is C14H17N3O3S. The van der Waals surface area contributed by atoms with Crippen LogP contribution in [0.4, 0.5) is 0 Å². The smallest absolute Gasteiger partial charge is 0.307 e. The van der Waals surface area contributed by atoms with Crippen molar-refractivity contribution in [2.45, 2.75) is 26.9 Å². The third kappa shape index (κ3) is 4.16. The van der Waals surface area contributed by atoms with Gasteiger partial charge in [-0.25, -0.2) is 4.98 Å². The number of aryl methyl sites for hydroxylation is 1. The van der Waals surface area contributed by atoms with E-state index in [2.05, 4.69) is 10.3 Å². The number of ether oxygens (including phenoxy) is 1. The van der Waals surface area contributed by atoms with Crippen molar-refractivity contribution in [2.75, 3.05) is 6.61 Å². The maximum absolute atomic E-state index is 11.9. The second-order valence-corrected chi connectivity index (χ2v) is 5.26.